The van der Waals surface area contributed by atoms with Crippen molar-refractivity contribution < 1.29 is 4.74 Å². The van der Waals surface area contributed by atoms with Gasteiger partial charge in [0.15, 0.2) is 0 Å². The van der Waals surface area contributed by atoms with Crippen LogP contribution in [0.2, 0.25) is 0 Å². The molecule has 0 amide bonds. The van der Waals surface area contributed by atoms with Crippen molar-refractivity contribution in [2.24, 2.45) is 5.41 Å². The number of nitrogens with zero attached hydrogens (tertiary/aromatic N) is 2. The van der Waals surface area contributed by atoms with Gasteiger partial charge in [-0.25, -0.2) is 0 Å². The summed E-state index contributed by atoms with van der Waals surface area (Å²) in [6, 6.07) is 0. The van der Waals surface area contributed by atoms with Crippen LogP contribution in [0.1, 0.15) is 38.5 Å². The SMILES string of the molecule is COCCNCC1(CN2CCN(C)CC2)CCCCCC1. The van der Waals surface area contributed by atoms with Gasteiger partial charge in [0, 0.05) is 52.9 Å². The van der Waals surface area contributed by atoms with E-state index < -0.39 is 0 Å². The van der Waals surface area contributed by atoms with Gasteiger partial charge in [-0.3, -0.25) is 0 Å². The van der Waals surface area contributed by atoms with Crippen LogP contribution in [0.5, 0.6) is 0 Å². The molecule has 1 aliphatic carbocycles. The van der Waals surface area contributed by atoms with Crippen LogP contribution in [0.15, 0.2) is 0 Å². The molecule has 21 heavy (non-hydrogen) atoms. The lowest BCUT2D eigenvalue weighted by atomic mass is 9.79. The van der Waals surface area contributed by atoms with E-state index in [4.69, 9.17) is 4.74 Å². The molecule has 0 aromatic rings. The lowest BCUT2D eigenvalue weighted by molar-refractivity contribution is 0.0823. The maximum Gasteiger partial charge on any atom is 0.0587 e. The largest absolute Gasteiger partial charge is 0.383 e. The molecule has 0 aromatic heterocycles. The van der Waals surface area contributed by atoms with Gasteiger partial charge >= 0.3 is 0 Å². The fraction of sp³-hybridized carbons (Fsp3) is 1.00. The predicted molar refractivity (Wildman–Crippen MR) is 88.8 cm³/mol. The minimum atomic E-state index is 0.500. The van der Waals surface area contributed by atoms with Crippen LogP contribution in [0, 0.1) is 5.41 Å². The maximum atomic E-state index is 5.17. The smallest absolute Gasteiger partial charge is 0.0587 e. The molecule has 0 atom stereocenters. The standard InChI is InChI=1S/C17H35N3O/c1-19-10-12-20(13-11-19)16-17(15-18-9-14-21-2)7-5-3-4-6-8-17/h18H,3-16H2,1-2H3. The van der Waals surface area contributed by atoms with Crippen molar-refractivity contribution in [3.05, 3.63) is 0 Å². The molecule has 1 saturated heterocycles. The van der Waals surface area contributed by atoms with Gasteiger partial charge in [-0.2, -0.15) is 0 Å². The second-order valence-corrected chi connectivity index (χ2v) is 7.16. The first-order valence-corrected chi connectivity index (χ1v) is 8.85. The number of rotatable bonds is 7. The molecule has 1 saturated carbocycles. The van der Waals surface area contributed by atoms with Crippen molar-refractivity contribution in [3.63, 3.8) is 0 Å². The van der Waals surface area contributed by atoms with Crippen LogP contribution >= 0.6 is 0 Å². The first kappa shape index (κ1) is 17.2. The van der Waals surface area contributed by atoms with Crippen molar-refractivity contribution in [2.45, 2.75) is 38.5 Å². The molecule has 4 nitrogen and oxygen atoms in total. The summed E-state index contributed by atoms with van der Waals surface area (Å²) < 4.78 is 5.17. The number of piperazine rings is 1. The van der Waals surface area contributed by atoms with Gasteiger partial charge in [-0.1, -0.05) is 25.7 Å². The molecule has 2 rings (SSSR count). The highest BCUT2D eigenvalue weighted by Crippen LogP contribution is 2.35. The summed E-state index contributed by atoms with van der Waals surface area (Å²) >= 11 is 0. The zero-order valence-corrected chi connectivity index (χ0v) is 14.2. The molecule has 0 aromatic carbocycles. The summed E-state index contributed by atoms with van der Waals surface area (Å²) in [4.78, 5) is 5.16. The Labute approximate surface area is 131 Å². The lowest BCUT2D eigenvalue weighted by Crippen LogP contribution is -2.51. The third-order valence-corrected chi connectivity index (χ3v) is 5.30. The number of nitrogens with one attached hydrogen (secondary N) is 1. The van der Waals surface area contributed by atoms with Gasteiger partial charge in [-0.15, -0.1) is 0 Å². The second kappa shape index (κ2) is 9.09. The number of hydrogen-bond donors (Lipinski definition) is 1. The van der Waals surface area contributed by atoms with Crippen molar-refractivity contribution in [2.75, 3.05) is 66.6 Å². The molecule has 124 valence electrons. The molecule has 4 heteroatoms. The van der Waals surface area contributed by atoms with E-state index in [-0.39, 0.29) is 0 Å². The van der Waals surface area contributed by atoms with Crippen molar-refractivity contribution in [1.82, 2.24) is 15.1 Å². The van der Waals surface area contributed by atoms with Gasteiger partial charge in [0.05, 0.1) is 6.61 Å². The van der Waals surface area contributed by atoms with E-state index in [1.165, 1.54) is 77.8 Å². The fourth-order valence-electron chi connectivity index (χ4n) is 3.88. The molecule has 0 spiro atoms. The summed E-state index contributed by atoms with van der Waals surface area (Å²) in [7, 11) is 4.03. The summed E-state index contributed by atoms with van der Waals surface area (Å²) in [5.74, 6) is 0. The molecule has 1 N–H and O–H groups in total. The van der Waals surface area contributed by atoms with Crippen LogP contribution in [0.4, 0.5) is 0 Å². The first-order chi connectivity index (χ1) is 10.2. The highest BCUT2D eigenvalue weighted by molar-refractivity contribution is 4.88. The van der Waals surface area contributed by atoms with Crippen molar-refractivity contribution in [1.29, 1.82) is 0 Å². The monoisotopic (exact) mass is 297 g/mol. The zero-order valence-electron chi connectivity index (χ0n) is 14.2. The van der Waals surface area contributed by atoms with Gasteiger partial charge < -0.3 is 19.9 Å². The lowest BCUT2D eigenvalue weighted by Gasteiger charge is -2.41. The molecular formula is C17H35N3O. The maximum absolute atomic E-state index is 5.17. The Bertz CT molecular complexity index is 269. The Morgan fingerprint density at radius 3 is 2.29 bits per heavy atom. The third-order valence-electron chi connectivity index (χ3n) is 5.30. The Hall–Kier alpha value is -0.160. The highest BCUT2D eigenvalue weighted by atomic mass is 16.5. The van der Waals surface area contributed by atoms with Gasteiger partial charge in [-0.05, 0) is 25.3 Å². The molecular weight excluding hydrogens is 262 g/mol. The minimum Gasteiger partial charge on any atom is -0.383 e. The van der Waals surface area contributed by atoms with Crippen LogP contribution in [-0.4, -0.2) is 76.4 Å². The van der Waals surface area contributed by atoms with E-state index in [1.807, 2.05) is 0 Å². The normalized spacial score (nSPS) is 24.9. The van der Waals surface area contributed by atoms with Crippen LogP contribution in [0.25, 0.3) is 0 Å². The average Bonchev–Trinajstić information content (AvgIpc) is 2.72. The first-order valence-electron chi connectivity index (χ1n) is 8.85. The Morgan fingerprint density at radius 1 is 1.00 bits per heavy atom. The Kier molecular flexibility index (Phi) is 7.44. The van der Waals surface area contributed by atoms with Crippen LogP contribution in [-0.2, 0) is 4.74 Å². The van der Waals surface area contributed by atoms with Crippen LogP contribution < -0.4 is 5.32 Å². The number of hydrogen-bond acceptors (Lipinski definition) is 4. The summed E-state index contributed by atoms with van der Waals surface area (Å²) in [6.07, 6.45) is 8.50. The molecule has 2 fully saturated rings. The van der Waals surface area contributed by atoms with Crippen molar-refractivity contribution >= 4 is 0 Å². The summed E-state index contributed by atoms with van der Waals surface area (Å²) in [6.45, 7) is 9.22. The molecule has 2 aliphatic rings. The van der Waals surface area contributed by atoms with Crippen molar-refractivity contribution in [3.8, 4) is 0 Å². The van der Waals surface area contributed by atoms with E-state index in [2.05, 4.69) is 22.2 Å². The van der Waals surface area contributed by atoms with E-state index in [0.717, 1.165) is 13.2 Å². The number of likely N-dealkylation sites (N-methyl/N-ethyl adjacent to an activating group) is 1. The third kappa shape index (κ3) is 5.85. The van der Waals surface area contributed by atoms with E-state index in [9.17, 15) is 0 Å². The van der Waals surface area contributed by atoms with E-state index in [0.29, 0.717) is 5.41 Å². The predicted octanol–water partition coefficient (Wildman–Crippen LogP) is 1.81. The van der Waals surface area contributed by atoms with Gasteiger partial charge in [0.1, 0.15) is 0 Å². The number of methoxy groups -OCH3 is 1. The summed E-state index contributed by atoms with van der Waals surface area (Å²) in [5, 5.41) is 3.66. The number of ether oxygens (including phenoxy) is 1. The molecule has 0 radical (unpaired) electrons. The topological polar surface area (TPSA) is 27.7 Å². The fourth-order valence-corrected chi connectivity index (χ4v) is 3.88. The zero-order chi connectivity index (χ0) is 15.0. The summed E-state index contributed by atoms with van der Waals surface area (Å²) in [5.41, 5.74) is 0.500. The quantitative estimate of drug-likeness (QED) is 0.573. The molecule has 0 unspecified atom stereocenters. The van der Waals surface area contributed by atoms with Gasteiger partial charge in [0.2, 0.25) is 0 Å². The minimum absolute atomic E-state index is 0.500. The Morgan fingerprint density at radius 2 is 1.67 bits per heavy atom. The average molecular weight is 297 g/mol. The van der Waals surface area contributed by atoms with Crippen LogP contribution in [0.3, 0.4) is 0 Å². The Balaban J connectivity index is 1.87. The van der Waals surface area contributed by atoms with E-state index in [1.54, 1.807) is 7.11 Å². The van der Waals surface area contributed by atoms with Gasteiger partial charge in [0.25, 0.3) is 0 Å². The van der Waals surface area contributed by atoms with E-state index >= 15 is 0 Å². The molecule has 1 aliphatic heterocycles. The molecule has 0 bridgehead atoms. The highest BCUT2D eigenvalue weighted by Gasteiger charge is 2.33. The molecule has 1 heterocycles. The second-order valence-electron chi connectivity index (χ2n) is 7.16.